The van der Waals surface area contributed by atoms with Crippen molar-refractivity contribution >= 4 is 28.3 Å². The zero-order valence-electron chi connectivity index (χ0n) is 16.9. The summed E-state index contributed by atoms with van der Waals surface area (Å²) < 4.78 is 0. The fourth-order valence-corrected chi connectivity index (χ4v) is 3.60. The van der Waals surface area contributed by atoms with Crippen molar-refractivity contribution in [1.29, 1.82) is 0 Å². The molecule has 0 aliphatic heterocycles. The van der Waals surface area contributed by atoms with Gasteiger partial charge in [-0.25, -0.2) is 0 Å². The van der Waals surface area contributed by atoms with E-state index in [4.69, 9.17) is 0 Å². The van der Waals surface area contributed by atoms with E-state index in [1.165, 1.54) is 11.3 Å². The maximum atomic E-state index is 12.8. The third kappa shape index (κ3) is 5.06. The van der Waals surface area contributed by atoms with E-state index in [1.807, 2.05) is 64.1 Å². The highest BCUT2D eigenvalue weighted by atomic mass is 32.1. The fraction of sp³-hybridized carbons (Fsp3) is 0.273. The van der Waals surface area contributed by atoms with Crippen LogP contribution in [0.4, 0.5) is 5.13 Å². The monoisotopic (exact) mass is 408 g/mol. The van der Waals surface area contributed by atoms with Crippen molar-refractivity contribution in [3.05, 3.63) is 65.2 Å². The van der Waals surface area contributed by atoms with E-state index in [1.54, 1.807) is 12.1 Å². The summed E-state index contributed by atoms with van der Waals surface area (Å²) >= 11 is 1.30. The van der Waals surface area contributed by atoms with Gasteiger partial charge in [-0.3, -0.25) is 14.9 Å². The predicted molar refractivity (Wildman–Crippen MR) is 116 cm³/mol. The molecule has 0 unspecified atom stereocenters. The smallest absolute Gasteiger partial charge is 0.252 e. The molecule has 0 radical (unpaired) electrons. The number of hydrogen-bond donors (Lipinski definition) is 2. The Balaban J connectivity index is 1.71. The van der Waals surface area contributed by atoms with Crippen molar-refractivity contribution in [2.24, 2.45) is 5.92 Å². The molecule has 1 heterocycles. The molecule has 2 amide bonds. The van der Waals surface area contributed by atoms with Gasteiger partial charge in [0.25, 0.3) is 5.91 Å². The van der Waals surface area contributed by atoms with Gasteiger partial charge in [0, 0.05) is 11.1 Å². The van der Waals surface area contributed by atoms with Gasteiger partial charge in [0.15, 0.2) is 0 Å². The van der Waals surface area contributed by atoms with Crippen LogP contribution in [0.15, 0.2) is 48.5 Å². The van der Waals surface area contributed by atoms with Gasteiger partial charge in [0.1, 0.15) is 11.0 Å². The van der Waals surface area contributed by atoms with E-state index >= 15 is 0 Å². The van der Waals surface area contributed by atoms with Crippen LogP contribution in [0.25, 0.3) is 10.6 Å². The van der Waals surface area contributed by atoms with Crippen molar-refractivity contribution in [3.8, 4) is 10.6 Å². The molecule has 0 fully saturated rings. The summed E-state index contributed by atoms with van der Waals surface area (Å²) in [4.78, 5) is 25.4. The summed E-state index contributed by atoms with van der Waals surface area (Å²) in [5, 5.41) is 15.0. The molecule has 0 bridgehead atoms. The Labute approximate surface area is 174 Å². The van der Waals surface area contributed by atoms with Crippen LogP contribution in [0.5, 0.6) is 0 Å². The van der Waals surface area contributed by atoms with Crippen LogP contribution in [0.1, 0.15) is 35.3 Å². The number of anilines is 1. The second kappa shape index (κ2) is 8.96. The Morgan fingerprint density at radius 2 is 1.66 bits per heavy atom. The van der Waals surface area contributed by atoms with Gasteiger partial charge < -0.3 is 5.32 Å². The topological polar surface area (TPSA) is 84.0 Å². The summed E-state index contributed by atoms with van der Waals surface area (Å²) in [5.74, 6) is -0.671. The first kappa shape index (κ1) is 20.7. The lowest BCUT2D eigenvalue weighted by atomic mass is 10.0. The molecule has 2 aromatic carbocycles. The van der Waals surface area contributed by atoms with E-state index in [-0.39, 0.29) is 17.7 Å². The van der Waals surface area contributed by atoms with Crippen molar-refractivity contribution in [1.82, 2.24) is 15.5 Å². The van der Waals surface area contributed by atoms with Gasteiger partial charge in [0.05, 0.1) is 0 Å². The molecule has 0 saturated carbocycles. The number of nitrogens with one attached hydrogen (secondary N) is 2. The molecule has 0 aliphatic carbocycles. The predicted octanol–water partition coefficient (Wildman–Crippen LogP) is 4.22. The van der Waals surface area contributed by atoms with E-state index < -0.39 is 6.04 Å². The molecule has 6 nitrogen and oxygen atoms in total. The highest BCUT2D eigenvalue weighted by Crippen LogP contribution is 2.26. The lowest BCUT2D eigenvalue weighted by Gasteiger charge is -2.21. The zero-order chi connectivity index (χ0) is 21.0. The molecule has 1 atom stereocenters. The highest BCUT2D eigenvalue weighted by molar-refractivity contribution is 7.18. The largest absolute Gasteiger partial charge is 0.340 e. The van der Waals surface area contributed by atoms with E-state index in [0.29, 0.717) is 10.7 Å². The van der Waals surface area contributed by atoms with E-state index in [2.05, 4.69) is 20.8 Å². The number of carbonyl (C=O) groups is 2. The Morgan fingerprint density at radius 3 is 2.31 bits per heavy atom. The second-order valence-corrected chi connectivity index (χ2v) is 8.26. The molecular weight excluding hydrogens is 384 g/mol. The first-order chi connectivity index (χ1) is 13.8. The van der Waals surface area contributed by atoms with Gasteiger partial charge in [0.2, 0.25) is 11.0 Å². The van der Waals surface area contributed by atoms with Gasteiger partial charge in [-0.2, -0.15) is 0 Å². The van der Waals surface area contributed by atoms with Gasteiger partial charge in [-0.1, -0.05) is 73.2 Å². The van der Waals surface area contributed by atoms with Crippen LogP contribution in [-0.2, 0) is 4.79 Å². The van der Waals surface area contributed by atoms with Crippen molar-refractivity contribution in [3.63, 3.8) is 0 Å². The number of amides is 2. The number of carbonyl (C=O) groups excluding carboxylic acids is 2. The minimum Gasteiger partial charge on any atom is -0.340 e. The number of nitrogens with zero attached hydrogens (tertiary/aromatic N) is 2. The number of benzene rings is 2. The van der Waals surface area contributed by atoms with Crippen LogP contribution >= 0.6 is 11.3 Å². The maximum Gasteiger partial charge on any atom is 0.252 e. The molecule has 29 heavy (non-hydrogen) atoms. The van der Waals surface area contributed by atoms with E-state index in [9.17, 15) is 9.59 Å². The molecule has 3 rings (SSSR count). The Kier molecular flexibility index (Phi) is 6.39. The van der Waals surface area contributed by atoms with Crippen LogP contribution in [0, 0.1) is 19.8 Å². The molecule has 2 N–H and O–H groups in total. The number of aryl methyl sites for hydroxylation is 2. The quantitative estimate of drug-likeness (QED) is 0.640. The van der Waals surface area contributed by atoms with Crippen LogP contribution in [0.3, 0.4) is 0 Å². The number of aromatic nitrogens is 2. The molecule has 0 saturated heterocycles. The third-order valence-corrected chi connectivity index (χ3v) is 5.47. The summed E-state index contributed by atoms with van der Waals surface area (Å²) in [5.41, 5.74) is 3.53. The first-order valence-electron chi connectivity index (χ1n) is 9.43. The van der Waals surface area contributed by atoms with Gasteiger partial charge >= 0.3 is 0 Å². The summed E-state index contributed by atoms with van der Waals surface area (Å²) in [6.45, 7) is 7.67. The SMILES string of the molecule is Cc1ccc(-c2nnc(NC(=O)[C@H](NC(=O)c3ccccc3C)C(C)C)s2)cc1. The zero-order valence-corrected chi connectivity index (χ0v) is 17.7. The Bertz CT molecular complexity index is 1010. The van der Waals surface area contributed by atoms with Crippen molar-refractivity contribution in [2.75, 3.05) is 5.32 Å². The van der Waals surface area contributed by atoms with Crippen molar-refractivity contribution in [2.45, 2.75) is 33.7 Å². The Morgan fingerprint density at radius 1 is 0.966 bits per heavy atom. The molecule has 150 valence electrons. The van der Waals surface area contributed by atoms with Crippen LogP contribution in [0.2, 0.25) is 0 Å². The molecule has 1 aromatic heterocycles. The normalized spacial score (nSPS) is 11.9. The van der Waals surface area contributed by atoms with Crippen LogP contribution in [-0.4, -0.2) is 28.1 Å². The minimum absolute atomic E-state index is 0.0903. The molecule has 7 heteroatoms. The standard InChI is InChI=1S/C22H24N4O2S/c1-13(2)18(23-19(27)17-8-6-5-7-15(17)4)20(28)24-22-26-25-21(29-22)16-11-9-14(3)10-12-16/h5-13,18H,1-4H3,(H,23,27)(H,24,26,28)/t18-/m1/s1. The van der Waals surface area contributed by atoms with Gasteiger partial charge in [-0.05, 0) is 31.4 Å². The molecule has 0 aliphatic rings. The van der Waals surface area contributed by atoms with E-state index in [0.717, 1.165) is 21.7 Å². The number of rotatable bonds is 6. The Hall–Kier alpha value is -3.06. The molecule has 3 aromatic rings. The lowest BCUT2D eigenvalue weighted by molar-refractivity contribution is -0.118. The van der Waals surface area contributed by atoms with Crippen molar-refractivity contribution < 1.29 is 9.59 Å². The average molecular weight is 409 g/mol. The van der Waals surface area contributed by atoms with Gasteiger partial charge in [-0.15, -0.1) is 10.2 Å². The summed E-state index contributed by atoms with van der Waals surface area (Å²) in [6, 6.07) is 14.6. The highest BCUT2D eigenvalue weighted by Gasteiger charge is 2.26. The van der Waals surface area contributed by atoms with Crippen LogP contribution < -0.4 is 10.6 Å². The average Bonchev–Trinajstić information content (AvgIpc) is 3.14. The maximum absolute atomic E-state index is 12.8. The molecule has 0 spiro atoms. The second-order valence-electron chi connectivity index (χ2n) is 7.28. The number of hydrogen-bond acceptors (Lipinski definition) is 5. The minimum atomic E-state index is -0.686. The third-order valence-electron chi connectivity index (χ3n) is 4.58. The fourth-order valence-electron chi connectivity index (χ4n) is 2.85. The summed E-state index contributed by atoms with van der Waals surface area (Å²) in [7, 11) is 0. The lowest BCUT2D eigenvalue weighted by Crippen LogP contribution is -2.47. The summed E-state index contributed by atoms with van der Waals surface area (Å²) in [6.07, 6.45) is 0. The molecular formula is C22H24N4O2S. The first-order valence-corrected chi connectivity index (χ1v) is 10.2.